The highest BCUT2D eigenvalue weighted by Gasteiger charge is 2.26. The van der Waals surface area contributed by atoms with Crippen LogP contribution in [0.4, 0.5) is 0 Å². The summed E-state index contributed by atoms with van der Waals surface area (Å²) < 4.78 is 2.35. The Labute approximate surface area is 290 Å². The largest absolute Gasteiger partial charge is 0.296 e. The lowest BCUT2D eigenvalue weighted by molar-refractivity contribution is 1.00. The molecule has 0 atom stereocenters. The quantitative estimate of drug-likeness (QED) is 0.150. The van der Waals surface area contributed by atoms with Gasteiger partial charge in [-0.15, -0.1) is 21.9 Å². The van der Waals surface area contributed by atoms with Gasteiger partial charge >= 0.3 is 0 Å². The van der Waals surface area contributed by atoms with Crippen LogP contribution in [0.3, 0.4) is 0 Å². The van der Waals surface area contributed by atoms with E-state index in [1.807, 2.05) is 0 Å². The molecule has 0 fully saturated rings. The normalized spacial score (nSPS) is 11.7. The first-order chi connectivity index (χ1) is 23.1. The summed E-state index contributed by atoms with van der Waals surface area (Å²) >= 11 is 0. The molecule has 220 valence electrons. The Balaban J connectivity index is 1.67. The van der Waals surface area contributed by atoms with Gasteiger partial charge < -0.3 is 0 Å². The van der Waals surface area contributed by atoms with Gasteiger partial charge in [0.1, 0.15) is 68.6 Å². The third kappa shape index (κ3) is 4.27. The van der Waals surface area contributed by atoms with Crippen molar-refractivity contribution in [2.75, 3.05) is 0 Å². The average Bonchev–Trinajstić information content (AvgIpc) is 3.45. The van der Waals surface area contributed by atoms with Crippen molar-refractivity contribution in [3.05, 3.63) is 96.8 Å². The molecule has 1 heterocycles. The second kappa shape index (κ2) is 11.2. The lowest BCUT2D eigenvalue weighted by Crippen LogP contribution is -2.50. The molecule has 0 aliphatic heterocycles. The van der Waals surface area contributed by atoms with Crippen molar-refractivity contribution in [3.8, 4) is 27.9 Å². The van der Waals surface area contributed by atoms with Gasteiger partial charge in [0.15, 0.2) is 0 Å². The van der Waals surface area contributed by atoms with Crippen molar-refractivity contribution in [2.45, 2.75) is 6.92 Å². The molecule has 8 rings (SSSR count). The maximum Gasteiger partial charge on any atom is 0.139 e. The number of rotatable bonds is 3. The van der Waals surface area contributed by atoms with E-state index in [0.29, 0.717) is 0 Å². The minimum Gasteiger partial charge on any atom is -0.296 e. The molecule has 0 amide bonds. The van der Waals surface area contributed by atoms with Gasteiger partial charge in [0.2, 0.25) is 0 Å². The number of imidazole rings is 1. The van der Waals surface area contributed by atoms with Crippen LogP contribution in [0, 0.1) is 6.92 Å². The SMILES string of the molecule is Bc1c(B)c(B)c2c(-c3ccccc3-n3c(C)nc4ccccc43)c3c(B)c(B)c(B)c(B)c3c(-c3ccc4ccccc4c3)c2c1B. The molecule has 0 bridgehead atoms. The molecule has 48 heavy (non-hydrogen) atoms. The van der Waals surface area contributed by atoms with Crippen LogP contribution in [-0.2, 0) is 0 Å². The monoisotopic (exact) mass is 606 g/mol. The summed E-state index contributed by atoms with van der Waals surface area (Å²) in [4.78, 5) is 5.01. The number of hydrogen-bond donors (Lipinski definition) is 0. The molecular formula is C38H34B8N2. The number of hydrogen-bond acceptors (Lipinski definition) is 1. The smallest absolute Gasteiger partial charge is 0.139 e. The van der Waals surface area contributed by atoms with E-state index in [4.69, 9.17) is 4.98 Å². The molecule has 1 aromatic heterocycles. The first-order valence-corrected chi connectivity index (χ1v) is 17.1. The van der Waals surface area contributed by atoms with Crippen LogP contribution in [-0.4, -0.2) is 72.3 Å². The number of benzene rings is 7. The van der Waals surface area contributed by atoms with E-state index in [9.17, 15) is 0 Å². The van der Waals surface area contributed by atoms with Crippen LogP contribution in [0.2, 0.25) is 0 Å². The van der Waals surface area contributed by atoms with Gasteiger partial charge in [-0.25, -0.2) is 4.98 Å². The lowest BCUT2D eigenvalue weighted by Gasteiger charge is -2.29. The van der Waals surface area contributed by atoms with E-state index in [1.165, 1.54) is 98.3 Å². The zero-order valence-electron chi connectivity index (χ0n) is 29.6. The van der Waals surface area contributed by atoms with E-state index in [-0.39, 0.29) is 0 Å². The molecule has 0 N–H and O–H groups in total. The van der Waals surface area contributed by atoms with Gasteiger partial charge in [-0.05, 0) is 80.2 Å². The molecule has 0 radical (unpaired) electrons. The Morgan fingerprint density at radius 3 is 1.60 bits per heavy atom. The van der Waals surface area contributed by atoms with E-state index < -0.39 is 0 Å². The predicted octanol–water partition coefficient (Wildman–Crippen LogP) is -3.81. The fourth-order valence-electron chi connectivity index (χ4n) is 8.36. The van der Waals surface area contributed by atoms with Crippen LogP contribution in [0.1, 0.15) is 5.82 Å². The maximum absolute atomic E-state index is 5.01. The molecule has 2 nitrogen and oxygen atoms in total. The van der Waals surface area contributed by atoms with Crippen LogP contribution >= 0.6 is 0 Å². The van der Waals surface area contributed by atoms with Crippen LogP contribution in [0.25, 0.3) is 71.3 Å². The number of para-hydroxylation sites is 3. The summed E-state index contributed by atoms with van der Waals surface area (Å²) in [5, 5.41) is 7.97. The molecule has 0 aliphatic rings. The zero-order valence-corrected chi connectivity index (χ0v) is 29.6. The van der Waals surface area contributed by atoms with E-state index in [2.05, 4.69) is 165 Å². The minimum atomic E-state index is 0.991. The topological polar surface area (TPSA) is 17.8 Å². The molecule has 10 heteroatoms. The average molecular weight is 605 g/mol. The van der Waals surface area contributed by atoms with Crippen LogP contribution in [0.5, 0.6) is 0 Å². The van der Waals surface area contributed by atoms with Crippen molar-refractivity contribution >= 4 is 150 Å². The Morgan fingerprint density at radius 1 is 0.479 bits per heavy atom. The molecule has 0 aliphatic carbocycles. The van der Waals surface area contributed by atoms with E-state index in [1.54, 1.807) is 0 Å². The highest BCUT2D eigenvalue weighted by atomic mass is 15.1. The fraction of sp³-hybridized carbons (Fsp3) is 0.0263. The standard InChI is InChI=1S/C38H34B8N2/c1-17-47-22-11-5-7-13-24(22)48(17)23-12-6-4-10-21(23)26-29-27(31(39)35(43)37(45)33(29)41)25(20-15-14-18-8-2-3-9-19(18)16-20)28-30(26)34(42)38(46)36(44)32(28)40/h2-16H,39-46H2,1H3. The summed E-state index contributed by atoms with van der Waals surface area (Å²) in [6, 6.07) is 33.3. The first-order valence-electron chi connectivity index (χ1n) is 17.1. The zero-order chi connectivity index (χ0) is 33.6. The van der Waals surface area contributed by atoms with Gasteiger partial charge in [0.25, 0.3) is 0 Å². The second-order valence-electron chi connectivity index (χ2n) is 13.8. The first kappa shape index (κ1) is 30.6. The number of aryl methyl sites for hydroxylation is 1. The van der Waals surface area contributed by atoms with Gasteiger partial charge in [0, 0.05) is 5.56 Å². The Bertz CT molecular complexity index is 2600. The van der Waals surface area contributed by atoms with Crippen molar-refractivity contribution in [3.63, 3.8) is 0 Å². The Morgan fingerprint density at radius 2 is 0.979 bits per heavy atom. The fourth-order valence-corrected chi connectivity index (χ4v) is 8.36. The predicted molar refractivity (Wildman–Crippen MR) is 235 cm³/mol. The molecule has 0 saturated carbocycles. The van der Waals surface area contributed by atoms with E-state index in [0.717, 1.165) is 22.5 Å². The van der Waals surface area contributed by atoms with Crippen molar-refractivity contribution in [2.24, 2.45) is 0 Å². The van der Waals surface area contributed by atoms with Crippen LogP contribution in [0.15, 0.2) is 91.0 Å². The number of aromatic nitrogens is 2. The minimum absolute atomic E-state index is 0.991. The van der Waals surface area contributed by atoms with Crippen molar-refractivity contribution in [1.82, 2.24) is 9.55 Å². The molecule has 0 unspecified atom stereocenters. The van der Waals surface area contributed by atoms with Gasteiger partial charge in [-0.3, -0.25) is 4.57 Å². The van der Waals surface area contributed by atoms with Gasteiger partial charge in [-0.2, -0.15) is 0 Å². The van der Waals surface area contributed by atoms with Crippen LogP contribution < -0.4 is 43.7 Å². The summed E-state index contributed by atoms with van der Waals surface area (Å²) in [5.41, 5.74) is 19.4. The summed E-state index contributed by atoms with van der Waals surface area (Å²) in [5.74, 6) is 0.991. The lowest BCUT2D eigenvalue weighted by atomic mass is 9.59. The Hall–Kier alpha value is -4.69. The van der Waals surface area contributed by atoms with Gasteiger partial charge in [0.05, 0.1) is 16.7 Å². The highest BCUT2D eigenvalue weighted by Crippen LogP contribution is 2.43. The van der Waals surface area contributed by atoms with Gasteiger partial charge in [-0.1, -0.05) is 88.6 Å². The number of nitrogens with zero attached hydrogens (tertiary/aromatic N) is 2. The van der Waals surface area contributed by atoms with Crippen molar-refractivity contribution in [1.29, 1.82) is 0 Å². The Kier molecular flexibility index (Phi) is 7.14. The summed E-state index contributed by atoms with van der Waals surface area (Å²) in [6.07, 6.45) is 0. The maximum atomic E-state index is 5.01. The third-order valence-electron chi connectivity index (χ3n) is 11.6. The van der Waals surface area contributed by atoms with E-state index >= 15 is 0 Å². The molecule has 8 aromatic rings. The summed E-state index contributed by atoms with van der Waals surface area (Å²) in [6.45, 7) is 2.13. The highest BCUT2D eigenvalue weighted by molar-refractivity contribution is 6.71. The number of fused-ring (bicyclic) bond motifs is 4. The molecule has 0 spiro atoms. The molecular weight excluding hydrogens is 571 g/mol. The van der Waals surface area contributed by atoms with Crippen molar-refractivity contribution < 1.29 is 0 Å². The second-order valence-corrected chi connectivity index (χ2v) is 13.8. The summed E-state index contributed by atoms with van der Waals surface area (Å²) in [7, 11) is 18.6. The third-order valence-corrected chi connectivity index (χ3v) is 11.6. The molecule has 0 saturated heterocycles. The molecule has 7 aromatic carbocycles.